The van der Waals surface area contributed by atoms with Crippen molar-refractivity contribution in [3.63, 3.8) is 0 Å². The maximum Gasteiger partial charge on any atom is 0.254 e. The molecule has 2 heterocycles. The summed E-state index contributed by atoms with van der Waals surface area (Å²) in [5.74, 6) is -0.448. The number of morpholine rings is 1. The summed E-state index contributed by atoms with van der Waals surface area (Å²) in [6.45, 7) is 12.2. The Morgan fingerprint density at radius 3 is 2.52 bits per heavy atom. The number of ether oxygens (including phenoxy) is 1. The van der Waals surface area contributed by atoms with Gasteiger partial charge in [-0.15, -0.1) is 0 Å². The molecule has 0 aromatic heterocycles. The summed E-state index contributed by atoms with van der Waals surface area (Å²) in [4.78, 5) is 19.0. The summed E-state index contributed by atoms with van der Waals surface area (Å²) >= 11 is 0. The Bertz CT molecular complexity index is 627. The number of carbonyl (C=O) groups excluding carboxylic acids is 1. The van der Waals surface area contributed by atoms with Gasteiger partial charge in [-0.05, 0) is 38.6 Å². The monoisotopic (exact) mass is 349 g/mol. The number of hydrogen-bond donors (Lipinski definition) is 0. The Labute approximate surface area is 149 Å². The number of likely N-dealkylation sites (N-methyl/N-ethyl adjacent to an activating group) is 1. The molecule has 2 saturated heterocycles. The first-order valence-electron chi connectivity index (χ1n) is 9.09. The van der Waals surface area contributed by atoms with Crippen molar-refractivity contribution in [1.29, 1.82) is 0 Å². The Balaban J connectivity index is 1.74. The Morgan fingerprint density at radius 1 is 1.20 bits per heavy atom. The van der Waals surface area contributed by atoms with Crippen molar-refractivity contribution in [1.82, 2.24) is 9.80 Å². The number of anilines is 1. The van der Waals surface area contributed by atoms with Crippen molar-refractivity contribution in [2.24, 2.45) is 0 Å². The lowest BCUT2D eigenvalue weighted by molar-refractivity contribution is -0.0370. The molecular formula is C19H28FN3O2. The van der Waals surface area contributed by atoms with E-state index in [9.17, 15) is 9.18 Å². The van der Waals surface area contributed by atoms with Crippen molar-refractivity contribution in [3.8, 4) is 0 Å². The first kappa shape index (κ1) is 18.1. The van der Waals surface area contributed by atoms with Gasteiger partial charge in [0.25, 0.3) is 5.91 Å². The number of halogens is 1. The highest BCUT2D eigenvalue weighted by atomic mass is 19.1. The zero-order chi connectivity index (χ0) is 18.0. The number of hydrogen-bond acceptors (Lipinski definition) is 4. The number of benzene rings is 1. The van der Waals surface area contributed by atoms with Crippen LogP contribution in [0.25, 0.3) is 0 Å². The molecule has 138 valence electrons. The van der Waals surface area contributed by atoms with E-state index in [1.807, 2.05) is 13.8 Å². The lowest BCUT2D eigenvalue weighted by Crippen LogP contribution is -2.55. The highest BCUT2D eigenvalue weighted by molar-refractivity contribution is 5.95. The van der Waals surface area contributed by atoms with Gasteiger partial charge in [-0.25, -0.2) is 4.39 Å². The number of carbonyl (C=O) groups is 1. The van der Waals surface area contributed by atoms with Crippen molar-refractivity contribution in [3.05, 3.63) is 29.6 Å². The second kappa shape index (κ2) is 7.30. The zero-order valence-electron chi connectivity index (χ0n) is 15.4. The first-order chi connectivity index (χ1) is 11.9. The molecule has 0 saturated carbocycles. The van der Waals surface area contributed by atoms with E-state index >= 15 is 0 Å². The van der Waals surface area contributed by atoms with Crippen molar-refractivity contribution >= 4 is 11.6 Å². The van der Waals surface area contributed by atoms with Gasteiger partial charge in [-0.1, -0.05) is 6.92 Å². The topological polar surface area (TPSA) is 36.0 Å². The van der Waals surface area contributed by atoms with Crippen molar-refractivity contribution in [2.75, 3.05) is 57.4 Å². The Morgan fingerprint density at radius 2 is 1.92 bits per heavy atom. The molecule has 3 rings (SSSR count). The summed E-state index contributed by atoms with van der Waals surface area (Å²) in [5, 5.41) is 0. The van der Waals surface area contributed by atoms with Crippen LogP contribution in [-0.4, -0.2) is 73.7 Å². The molecule has 6 heteroatoms. The van der Waals surface area contributed by atoms with Crippen LogP contribution in [0.1, 0.15) is 31.1 Å². The fourth-order valence-corrected chi connectivity index (χ4v) is 3.59. The third-order valence-corrected chi connectivity index (χ3v) is 5.25. The average Bonchev–Trinajstić information content (AvgIpc) is 2.61. The predicted molar refractivity (Wildman–Crippen MR) is 96.7 cm³/mol. The number of piperazine rings is 1. The average molecular weight is 349 g/mol. The Kier molecular flexibility index (Phi) is 5.29. The highest BCUT2D eigenvalue weighted by Gasteiger charge is 2.34. The minimum Gasteiger partial charge on any atom is -0.377 e. The zero-order valence-corrected chi connectivity index (χ0v) is 15.4. The number of nitrogens with zero attached hydrogens (tertiary/aromatic N) is 3. The number of rotatable bonds is 3. The van der Waals surface area contributed by atoms with E-state index in [-0.39, 0.29) is 17.3 Å². The van der Waals surface area contributed by atoms with Gasteiger partial charge in [0.1, 0.15) is 5.82 Å². The van der Waals surface area contributed by atoms with Gasteiger partial charge in [-0.2, -0.15) is 0 Å². The summed E-state index contributed by atoms with van der Waals surface area (Å²) in [5.41, 5.74) is 0.623. The molecule has 1 aromatic carbocycles. The highest BCUT2D eigenvalue weighted by Crippen LogP contribution is 2.25. The molecular weight excluding hydrogens is 321 g/mol. The normalized spacial score (nSPS) is 21.4. The smallest absolute Gasteiger partial charge is 0.254 e. The molecule has 0 unspecified atom stereocenters. The van der Waals surface area contributed by atoms with E-state index in [4.69, 9.17) is 4.74 Å². The second-order valence-corrected chi connectivity index (χ2v) is 7.41. The predicted octanol–water partition coefficient (Wildman–Crippen LogP) is 2.22. The maximum atomic E-state index is 14.7. The molecule has 25 heavy (non-hydrogen) atoms. The first-order valence-corrected chi connectivity index (χ1v) is 9.09. The van der Waals surface area contributed by atoms with Crippen LogP contribution in [0.15, 0.2) is 18.2 Å². The van der Waals surface area contributed by atoms with Gasteiger partial charge in [0.2, 0.25) is 0 Å². The molecule has 1 aromatic rings. The molecule has 0 bridgehead atoms. The summed E-state index contributed by atoms with van der Waals surface area (Å²) in [7, 11) is 0. The van der Waals surface area contributed by atoms with Crippen LogP contribution in [-0.2, 0) is 4.74 Å². The van der Waals surface area contributed by atoms with Gasteiger partial charge in [0.05, 0.1) is 24.4 Å². The Hall–Kier alpha value is -1.66. The van der Waals surface area contributed by atoms with E-state index in [0.29, 0.717) is 31.0 Å². The molecule has 0 N–H and O–H groups in total. The summed E-state index contributed by atoms with van der Waals surface area (Å²) in [6.07, 6.45) is 0. The summed E-state index contributed by atoms with van der Waals surface area (Å²) in [6, 6.07) is 4.88. The second-order valence-electron chi connectivity index (χ2n) is 7.41. The quantitative estimate of drug-likeness (QED) is 0.838. The van der Waals surface area contributed by atoms with Crippen LogP contribution in [0.3, 0.4) is 0 Å². The lowest BCUT2D eigenvalue weighted by Gasteiger charge is -2.42. The molecule has 0 spiro atoms. The van der Waals surface area contributed by atoms with E-state index in [1.165, 1.54) is 6.07 Å². The molecule has 2 aliphatic heterocycles. The standard InChI is InChI=1S/C19H28FN3O2/c1-4-21-7-9-22(10-8-21)17-6-5-15(13-16(17)20)18(24)23-11-12-25-14-19(23,2)3/h5-6,13H,4,7-12,14H2,1-3H3. The van der Waals surface area contributed by atoms with E-state index in [0.717, 1.165) is 32.7 Å². The molecule has 0 radical (unpaired) electrons. The van der Waals surface area contributed by atoms with E-state index < -0.39 is 0 Å². The van der Waals surface area contributed by atoms with Crippen molar-refractivity contribution in [2.45, 2.75) is 26.3 Å². The van der Waals surface area contributed by atoms with Gasteiger partial charge in [-0.3, -0.25) is 4.79 Å². The third kappa shape index (κ3) is 3.80. The molecule has 0 atom stereocenters. The van der Waals surface area contributed by atoms with E-state index in [1.54, 1.807) is 17.0 Å². The van der Waals surface area contributed by atoms with Crippen LogP contribution in [0.4, 0.5) is 10.1 Å². The van der Waals surface area contributed by atoms with Crippen LogP contribution in [0.5, 0.6) is 0 Å². The molecule has 2 aliphatic rings. The fourth-order valence-electron chi connectivity index (χ4n) is 3.59. The minimum absolute atomic E-state index is 0.130. The van der Waals surface area contributed by atoms with Crippen LogP contribution < -0.4 is 4.90 Å². The van der Waals surface area contributed by atoms with Crippen LogP contribution >= 0.6 is 0 Å². The van der Waals surface area contributed by atoms with E-state index in [2.05, 4.69) is 16.7 Å². The van der Waals surface area contributed by atoms with Gasteiger partial charge in [0.15, 0.2) is 0 Å². The van der Waals surface area contributed by atoms with Crippen molar-refractivity contribution < 1.29 is 13.9 Å². The third-order valence-electron chi connectivity index (χ3n) is 5.25. The lowest BCUT2D eigenvalue weighted by atomic mass is 10.0. The van der Waals surface area contributed by atoms with Gasteiger partial charge >= 0.3 is 0 Å². The molecule has 1 amide bonds. The number of amides is 1. The fraction of sp³-hybridized carbons (Fsp3) is 0.632. The SMILES string of the molecule is CCN1CCN(c2ccc(C(=O)N3CCOCC3(C)C)cc2F)CC1. The molecule has 2 fully saturated rings. The van der Waals surface area contributed by atoms with Gasteiger partial charge in [0, 0.05) is 38.3 Å². The van der Waals surface area contributed by atoms with Crippen LogP contribution in [0.2, 0.25) is 0 Å². The minimum atomic E-state index is -0.374. The largest absolute Gasteiger partial charge is 0.377 e. The van der Waals surface area contributed by atoms with Gasteiger partial charge < -0.3 is 19.4 Å². The molecule has 0 aliphatic carbocycles. The summed E-state index contributed by atoms with van der Waals surface area (Å²) < 4.78 is 20.1. The maximum absolute atomic E-state index is 14.7. The molecule has 5 nitrogen and oxygen atoms in total. The van der Waals surface area contributed by atoms with Crippen LogP contribution in [0, 0.1) is 5.82 Å².